The second-order valence-corrected chi connectivity index (χ2v) is 1.20. The van der Waals surface area contributed by atoms with Crippen molar-refractivity contribution >= 4 is 0 Å². The van der Waals surface area contributed by atoms with E-state index in [-0.39, 0.29) is 22.3 Å². The quantitative estimate of drug-likeness (QED) is 0.571. The van der Waals surface area contributed by atoms with Gasteiger partial charge >= 0.3 is 0 Å². The van der Waals surface area contributed by atoms with Gasteiger partial charge in [0.25, 0.3) is 0 Å². The predicted octanol–water partition coefficient (Wildman–Crippen LogP) is 1.50. The van der Waals surface area contributed by atoms with Crippen LogP contribution in [0.15, 0.2) is 0 Å². The zero-order valence-electron chi connectivity index (χ0n) is 3.99. The van der Waals surface area contributed by atoms with E-state index in [1.165, 1.54) is 13.0 Å². The molecule has 0 bridgehead atoms. The highest BCUT2D eigenvalue weighted by Gasteiger charge is 1.68. The van der Waals surface area contributed by atoms with Crippen LogP contribution in [-0.4, -0.2) is 13.6 Å². The second kappa shape index (κ2) is 28.2. The van der Waals surface area contributed by atoms with Gasteiger partial charge in [-0.1, -0.05) is 29.2 Å². The molecule has 0 aliphatic rings. The lowest BCUT2D eigenvalue weighted by molar-refractivity contribution is -0.626. The maximum absolute atomic E-state index is 2.18. The van der Waals surface area contributed by atoms with Crippen molar-refractivity contribution < 1.29 is 5.32 Å². The van der Waals surface area contributed by atoms with Gasteiger partial charge in [-0.15, -0.1) is 0 Å². The van der Waals surface area contributed by atoms with Crippen LogP contribution in [0, 0.1) is 0 Å². The summed E-state index contributed by atoms with van der Waals surface area (Å²) in [6.07, 6.45) is 1.29. The Bertz CT molecular complexity index is 11.9. The number of hydrogen-bond acceptors (Lipinski definition) is 0. The number of nitrogens with two attached hydrogens (primary N) is 1. The minimum absolute atomic E-state index is 0. The van der Waals surface area contributed by atoms with E-state index in [1.807, 2.05) is 0 Å². The molecule has 1 heteroatoms. The molecule has 0 spiro atoms. The molecule has 56 valence electrons. The van der Waals surface area contributed by atoms with Gasteiger partial charge in [0.1, 0.15) is 0 Å². The van der Waals surface area contributed by atoms with E-state index in [4.69, 9.17) is 0 Å². The van der Waals surface area contributed by atoms with Crippen molar-refractivity contribution in [2.45, 2.75) is 35.6 Å². The van der Waals surface area contributed by atoms with E-state index in [1.54, 1.807) is 0 Å². The molecule has 0 amide bonds. The van der Waals surface area contributed by atoms with E-state index < -0.39 is 0 Å². The normalized spacial score (nSPS) is 5.25. The van der Waals surface area contributed by atoms with Crippen molar-refractivity contribution in [1.82, 2.24) is 0 Å². The zero-order chi connectivity index (χ0) is 4.12. The largest absolute Gasteiger partial charge is 0.349 e. The number of hydrogen-bond donors (Lipinski definition) is 1. The van der Waals surface area contributed by atoms with Gasteiger partial charge < -0.3 is 5.32 Å². The predicted molar refractivity (Wildman–Crippen MR) is 43.2 cm³/mol. The van der Waals surface area contributed by atoms with Gasteiger partial charge in [0.05, 0.1) is 13.6 Å². The average molecular weight is 122 g/mol. The fraction of sp³-hybridized carbons (Fsp3) is 1.00. The Morgan fingerprint density at radius 1 is 1.12 bits per heavy atom. The lowest BCUT2D eigenvalue weighted by Gasteiger charge is -1.81. The molecule has 0 saturated carbocycles. The Labute approximate surface area is 55.5 Å². The Hall–Kier alpha value is -0.0400. The standard InChI is InChI=1S/C4H11N.3CH4/c1-3-4-5-2;;;/h5H,3-4H2,1-2H3;3*1H4/p+1. The summed E-state index contributed by atoms with van der Waals surface area (Å²) < 4.78 is 0. The van der Waals surface area contributed by atoms with E-state index in [2.05, 4.69) is 19.3 Å². The highest BCUT2D eigenvalue weighted by atomic mass is 14.8. The van der Waals surface area contributed by atoms with Crippen LogP contribution in [-0.2, 0) is 0 Å². The molecule has 0 heterocycles. The molecule has 0 atom stereocenters. The average Bonchev–Trinajstić information content (AvgIpc) is 1.41. The molecular formula is C7H24N+. The van der Waals surface area contributed by atoms with Gasteiger partial charge in [-0.2, -0.15) is 0 Å². The summed E-state index contributed by atoms with van der Waals surface area (Å²) in [4.78, 5) is 0. The maximum atomic E-state index is 2.18. The third kappa shape index (κ3) is 38.2. The summed E-state index contributed by atoms with van der Waals surface area (Å²) in [7, 11) is 2.09. The van der Waals surface area contributed by atoms with Crippen LogP contribution in [0.1, 0.15) is 35.6 Å². The fourth-order valence-electron chi connectivity index (χ4n) is 0.289. The molecule has 0 aromatic heterocycles. The summed E-state index contributed by atoms with van der Waals surface area (Å²) in [5, 5.41) is 2.18. The number of rotatable bonds is 2. The molecule has 8 heavy (non-hydrogen) atoms. The molecule has 0 fully saturated rings. The molecule has 0 aromatic rings. The fourth-order valence-corrected chi connectivity index (χ4v) is 0.289. The molecule has 0 radical (unpaired) electrons. The van der Waals surface area contributed by atoms with Crippen LogP contribution >= 0.6 is 0 Å². The van der Waals surface area contributed by atoms with Gasteiger partial charge in [-0.05, 0) is 6.42 Å². The molecule has 0 aliphatic carbocycles. The highest BCUT2D eigenvalue weighted by Crippen LogP contribution is 1.56. The van der Waals surface area contributed by atoms with Crippen LogP contribution in [0.4, 0.5) is 0 Å². The van der Waals surface area contributed by atoms with Gasteiger partial charge in [0.15, 0.2) is 0 Å². The van der Waals surface area contributed by atoms with Crippen LogP contribution in [0.2, 0.25) is 0 Å². The molecule has 2 N–H and O–H groups in total. The molecule has 1 nitrogen and oxygen atoms in total. The third-order valence-electron chi connectivity index (χ3n) is 0.577. The van der Waals surface area contributed by atoms with Crippen LogP contribution in [0.5, 0.6) is 0 Å². The first kappa shape index (κ1) is 24.6. The van der Waals surface area contributed by atoms with Gasteiger partial charge in [-0.3, -0.25) is 0 Å². The molecule has 0 aromatic carbocycles. The van der Waals surface area contributed by atoms with Gasteiger partial charge in [0, 0.05) is 0 Å². The van der Waals surface area contributed by atoms with E-state index in [9.17, 15) is 0 Å². The van der Waals surface area contributed by atoms with Crippen LogP contribution in [0.3, 0.4) is 0 Å². The van der Waals surface area contributed by atoms with Crippen molar-refractivity contribution in [3.05, 3.63) is 0 Å². The summed E-state index contributed by atoms with van der Waals surface area (Å²) >= 11 is 0. The van der Waals surface area contributed by atoms with Crippen molar-refractivity contribution in [3.8, 4) is 0 Å². The SMILES string of the molecule is C.C.C.CCC[NH2+]C. The van der Waals surface area contributed by atoms with Crippen molar-refractivity contribution in [2.75, 3.05) is 13.6 Å². The van der Waals surface area contributed by atoms with E-state index >= 15 is 0 Å². The summed E-state index contributed by atoms with van der Waals surface area (Å²) in [5.74, 6) is 0. The summed E-state index contributed by atoms with van der Waals surface area (Å²) in [6.45, 7) is 3.44. The summed E-state index contributed by atoms with van der Waals surface area (Å²) in [6, 6.07) is 0. The molecule has 0 aliphatic heterocycles. The van der Waals surface area contributed by atoms with Crippen LogP contribution < -0.4 is 5.32 Å². The van der Waals surface area contributed by atoms with Crippen molar-refractivity contribution in [1.29, 1.82) is 0 Å². The zero-order valence-corrected chi connectivity index (χ0v) is 3.99. The Balaban J connectivity index is -0.0000000267. The van der Waals surface area contributed by atoms with E-state index in [0.29, 0.717) is 0 Å². The van der Waals surface area contributed by atoms with E-state index in [0.717, 1.165) is 0 Å². The third-order valence-corrected chi connectivity index (χ3v) is 0.577. The first-order valence-corrected chi connectivity index (χ1v) is 2.19. The lowest BCUT2D eigenvalue weighted by Crippen LogP contribution is -2.79. The molecular weight excluding hydrogens is 98.1 g/mol. The Morgan fingerprint density at radius 2 is 1.50 bits per heavy atom. The Morgan fingerprint density at radius 3 is 1.50 bits per heavy atom. The number of quaternary nitrogens is 1. The molecule has 0 saturated heterocycles. The monoisotopic (exact) mass is 122 g/mol. The minimum Gasteiger partial charge on any atom is -0.349 e. The van der Waals surface area contributed by atoms with Gasteiger partial charge in [0.2, 0.25) is 0 Å². The highest BCUT2D eigenvalue weighted by molar-refractivity contribution is 4.09. The Kier molecular flexibility index (Phi) is 86.7. The minimum atomic E-state index is 0. The van der Waals surface area contributed by atoms with Crippen molar-refractivity contribution in [2.24, 2.45) is 0 Å². The maximum Gasteiger partial charge on any atom is 0.0750 e. The smallest absolute Gasteiger partial charge is 0.0750 e. The molecule has 0 unspecified atom stereocenters. The van der Waals surface area contributed by atoms with Crippen LogP contribution in [0.25, 0.3) is 0 Å². The molecule has 0 rings (SSSR count). The second-order valence-electron chi connectivity index (χ2n) is 1.20. The lowest BCUT2D eigenvalue weighted by atomic mass is 10.5. The topological polar surface area (TPSA) is 16.6 Å². The first-order chi connectivity index (χ1) is 2.41. The van der Waals surface area contributed by atoms with Gasteiger partial charge in [-0.25, -0.2) is 0 Å². The first-order valence-electron chi connectivity index (χ1n) is 2.19. The van der Waals surface area contributed by atoms with Crippen molar-refractivity contribution in [3.63, 3.8) is 0 Å². The summed E-state index contributed by atoms with van der Waals surface area (Å²) in [5.41, 5.74) is 0.